The van der Waals surface area contributed by atoms with Crippen LogP contribution in [0, 0.1) is 0 Å². The average molecular weight is 355 g/mol. The predicted octanol–water partition coefficient (Wildman–Crippen LogP) is 1.65. The summed E-state index contributed by atoms with van der Waals surface area (Å²) in [4.78, 5) is 45.4. The molecule has 0 aromatic heterocycles. The summed E-state index contributed by atoms with van der Waals surface area (Å²) in [5.74, 6) is -2.59. The highest BCUT2D eigenvalue weighted by molar-refractivity contribution is 8.13. The molecule has 0 aliphatic heterocycles. The van der Waals surface area contributed by atoms with E-state index in [2.05, 4.69) is 14.8 Å². The molecule has 0 bridgehead atoms. The van der Waals surface area contributed by atoms with Crippen LogP contribution in [-0.2, 0) is 19.1 Å². The highest BCUT2D eigenvalue weighted by Gasteiger charge is 2.22. The highest BCUT2D eigenvalue weighted by Crippen LogP contribution is 2.09. The molecule has 8 nitrogen and oxygen atoms in total. The van der Waals surface area contributed by atoms with Crippen LogP contribution in [0.5, 0.6) is 0 Å². The van der Waals surface area contributed by atoms with Crippen molar-refractivity contribution in [2.45, 2.75) is 19.4 Å². The number of aliphatic carboxylic acids is 1. The number of carbonyl (C=O) groups is 4. The molecule has 1 aromatic carbocycles. The third-order valence-electron chi connectivity index (χ3n) is 2.69. The topological polar surface area (TPSA) is 119 Å². The normalized spacial score (nSPS) is 11.2. The van der Waals surface area contributed by atoms with E-state index in [9.17, 15) is 19.2 Å². The van der Waals surface area contributed by atoms with Gasteiger partial charge in [0.25, 0.3) is 5.91 Å². The van der Waals surface area contributed by atoms with Crippen LogP contribution in [0.15, 0.2) is 30.3 Å². The van der Waals surface area contributed by atoms with Gasteiger partial charge in [0, 0.05) is 17.7 Å². The first-order valence-electron chi connectivity index (χ1n) is 6.98. The van der Waals surface area contributed by atoms with Crippen molar-refractivity contribution >= 4 is 34.9 Å². The van der Waals surface area contributed by atoms with Crippen LogP contribution in [0.4, 0.5) is 4.79 Å². The van der Waals surface area contributed by atoms with Crippen LogP contribution in [0.25, 0.3) is 0 Å². The van der Waals surface area contributed by atoms with Crippen LogP contribution in [0.3, 0.4) is 0 Å². The van der Waals surface area contributed by atoms with E-state index in [-0.39, 0.29) is 12.2 Å². The zero-order chi connectivity index (χ0) is 17.9. The fourth-order valence-electron chi connectivity index (χ4n) is 1.44. The molecule has 24 heavy (non-hydrogen) atoms. The number of hydrogen-bond acceptors (Lipinski definition) is 7. The third-order valence-corrected chi connectivity index (χ3v) is 3.55. The lowest BCUT2D eigenvalue weighted by molar-refractivity contribution is -0.150. The van der Waals surface area contributed by atoms with Gasteiger partial charge in [0.15, 0.2) is 0 Å². The zero-order valence-electron chi connectivity index (χ0n) is 12.9. The van der Waals surface area contributed by atoms with Gasteiger partial charge in [-0.2, -0.15) is 0 Å². The molecule has 0 aliphatic carbocycles. The van der Waals surface area contributed by atoms with E-state index in [4.69, 9.17) is 5.11 Å². The summed E-state index contributed by atoms with van der Waals surface area (Å²) in [6.07, 6.45) is 0.150. The highest BCUT2D eigenvalue weighted by atomic mass is 32.2. The van der Waals surface area contributed by atoms with E-state index in [1.165, 1.54) is 12.1 Å². The standard InChI is InChI=1S/C15H17NO7S/c1-2-12(17)22-9-23-15(21)24-8-11(14(19)20)16-13(18)10-6-4-3-5-7-10/h3-7,11H,2,8-9H2,1H3,(H,16,18)(H,19,20)/t11-/m0/s1. The van der Waals surface area contributed by atoms with Crippen LogP contribution in [0.1, 0.15) is 23.7 Å². The maximum absolute atomic E-state index is 11.9. The van der Waals surface area contributed by atoms with Gasteiger partial charge >= 0.3 is 17.2 Å². The van der Waals surface area contributed by atoms with Crippen LogP contribution >= 0.6 is 11.8 Å². The summed E-state index contributed by atoms with van der Waals surface area (Å²) in [6.45, 7) is 1.05. The molecule has 1 aromatic rings. The zero-order valence-corrected chi connectivity index (χ0v) is 13.7. The molecule has 0 saturated carbocycles. The molecule has 1 atom stereocenters. The minimum absolute atomic E-state index is 0.150. The molecule has 0 radical (unpaired) electrons. The molecule has 0 spiro atoms. The molecular formula is C15H17NO7S. The molecule has 0 saturated heterocycles. The largest absolute Gasteiger partial charge is 0.480 e. The summed E-state index contributed by atoms with van der Waals surface area (Å²) in [5.41, 5.74) is 0.308. The second-order valence-electron chi connectivity index (χ2n) is 4.42. The molecule has 0 heterocycles. The number of benzene rings is 1. The Morgan fingerprint density at radius 1 is 1.17 bits per heavy atom. The van der Waals surface area contributed by atoms with E-state index in [1.54, 1.807) is 25.1 Å². The Bertz CT molecular complexity index is 591. The number of ether oxygens (including phenoxy) is 2. The second kappa shape index (κ2) is 10.3. The summed E-state index contributed by atoms with van der Waals surface area (Å²) in [5, 5.41) is 10.6. The van der Waals surface area contributed by atoms with E-state index in [1.807, 2.05) is 0 Å². The van der Waals surface area contributed by atoms with Gasteiger partial charge in [0.05, 0.1) is 0 Å². The van der Waals surface area contributed by atoms with Crippen molar-refractivity contribution in [2.75, 3.05) is 12.5 Å². The molecule has 0 aliphatic rings. The molecule has 2 N–H and O–H groups in total. The van der Waals surface area contributed by atoms with Crippen molar-refractivity contribution in [3.63, 3.8) is 0 Å². The lowest BCUT2D eigenvalue weighted by atomic mass is 10.2. The van der Waals surface area contributed by atoms with Gasteiger partial charge in [-0.15, -0.1) is 0 Å². The Kier molecular flexibility index (Phi) is 8.34. The summed E-state index contributed by atoms with van der Waals surface area (Å²) in [6, 6.07) is 6.83. The fraction of sp³-hybridized carbons (Fsp3) is 0.333. The van der Waals surface area contributed by atoms with Gasteiger partial charge in [0.1, 0.15) is 6.04 Å². The second-order valence-corrected chi connectivity index (χ2v) is 5.38. The quantitative estimate of drug-likeness (QED) is 0.534. The van der Waals surface area contributed by atoms with Crippen molar-refractivity contribution in [2.24, 2.45) is 0 Å². The van der Waals surface area contributed by atoms with Crippen molar-refractivity contribution in [3.8, 4) is 0 Å². The van der Waals surface area contributed by atoms with Crippen molar-refractivity contribution in [3.05, 3.63) is 35.9 Å². The maximum atomic E-state index is 11.9. The lowest BCUT2D eigenvalue weighted by Gasteiger charge is -2.13. The van der Waals surface area contributed by atoms with Crippen molar-refractivity contribution in [1.29, 1.82) is 0 Å². The Morgan fingerprint density at radius 3 is 2.42 bits per heavy atom. The Hall–Kier alpha value is -2.55. The first kappa shape index (κ1) is 19.5. The molecule has 9 heteroatoms. The number of hydrogen-bond donors (Lipinski definition) is 2. The SMILES string of the molecule is CCC(=O)OCOC(=O)SC[C@H](NC(=O)c1ccccc1)C(=O)O. The Morgan fingerprint density at radius 2 is 1.83 bits per heavy atom. The number of carboxylic acids is 1. The molecule has 0 fully saturated rings. The Labute approximate surface area is 142 Å². The minimum atomic E-state index is -1.28. The number of carbonyl (C=O) groups excluding carboxylic acids is 3. The smallest absolute Gasteiger partial charge is 0.370 e. The number of esters is 1. The first-order valence-corrected chi connectivity index (χ1v) is 7.96. The average Bonchev–Trinajstić information content (AvgIpc) is 2.58. The molecule has 1 rings (SSSR count). The number of rotatable bonds is 8. The number of carboxylic acid groups (broad SMARTS) is 1. The number of nitrogens with one attached hydrogen (secondary N) is 1. The van der Waals surface area contributed by atoms with E-state index >= 15 is 0 Å². The van der Waals surface area contributed by atoms with E-state index in [0.717, 1.165) is 0 Å². The van der Waals surface area contributed by atoms with Crippen molar-refractivity contribution in [1.82, 2.24) is 5.32 Å². The van der Waals surface area contributed by atoms with Crippen molar-refractivity contribution < 1.29 is 33.8 Å². The van der Waals surface area contributed by atoms with Crippen LogP contribution in [-0.4, -0.2) is 46.8 Å². The van der Waals surface area contributed by atoms with Gasteiger partial charge in [-0.1, -0.05) is 25.1 Å². The van der Waals surface area contributed by atoms with Crippen LogP contribution in [0.2, 0.25) is 0 Å². The summed E-state index contributed by atoms with van der Waals surface area (Å²) >= 11 is 0.561. The predicted molar refractivity (Wildman–Crippen MR) is 85.5 cm³/mol. The van der Waals surface area contributed by atoms with Gasteiger partial charge in [-0.25, -0.2) is 9.59 Å². The molecule has 1 amide bonds. The number of amides is 1. The molecular weight excluding hydrogens is 338 g/mol. The first-order chi connectivity index (χ1) is 11.4. The summed E-state index contributed by atoms with van der Waals surface area (Å²) < 4.78 is 9.17. The van der Waals surface area contributed by atoms with Crippen LogP contribution < -0.4 is 5.32 Å². The van der Waals surface area contributed by atoms with E-state index < -0.39 is 36.0 Å². The van der Waals surface area contributed by atoms with E-state index in [0.29, 0.717) is 17.3 Å². The van der Waals surface area contributed by atoms with Gasteiger partial charge in [0.2, 0.25) is 6.79 Å². The van der Waals surface area contributed by atoms with Gasteiger partial charge in [-0.3, -0.25) is 9.59 Å². The third kappa shape index (κ3) is 7.14. The fourth-order valence-corrected chi connectivity index (χ4v) is 2.10. The molecule has 0 unspecified atom stereocenters. The lowest BCUT2D eigenvalue weighted by Crippen LogP contribution is -2.42. The van der Waals surface area contributed by atoms with Gasteiger partial charge < -0.3 is 19.9 Å². The monoisotopic (exact) mass is 355 g/mol. The Balaban J connectivity index is 2.43. The maximum Gasteiger partial charge on any atom is 0.370 e. The minimum Gasteiger partial charge on any atom is -0.480 e. The number of thioether (sulfide) groups is 1. The molecule has 130 valence electrons. The summed E-state index contributed by atoms with van der Waals surface area (Å²) in [7, 11) is 0. The van der Waals surface area contributed by atoms with Gasteiger partial charge in [-0.05, 0) is 23.9 Å².